The number of aromatic hydroxyl groups is 3. The van der Waals surface area contributed by atoms with Gasteiger partial charge in [0.2, 0.25) is 76.7 Å². The molecule has 0 spiro atoms. The molecule has 0 bridgehead atoms. The number of aliphatic hydroxyl groups excluding tert-OH is 5. The van der Waals surface area contributed by atoms with Gasteiger partial charge in [-0.3, -0.25) is 77.2 Å². The van der Waals surface area contributed by atoms with Crippen molar-refractivity contribution in [3.8, 4) is 23.0 Å². The number of hydrogen-bond acceptors (Lipinski definition) is 29. The van der Waals surface area contributed by atoms with Crippen molar-refractivity contribution < 1.29 is 132 Å². The first-order valence-electron chi connectivity index (χ1n) is 36.6. The van der Waals surface area contributed by atoms with E-state index < -0.39 is 273 Å². The second-order valence-electron chi connectivity index (χ2n) is 28.4. The first kappa shape index (κ1) is 92.0. The zero-order valence-corrected chi connectivity index (χ0v) is 63.7. The van der Waals surface area contributed by atoms with Crippen molar-refractivity contribution in [3.05, 3.63) is 81.4 Å². The number of ketones is 3. The summed E-state index contributed by atoms with van der Waals surface area (Å²) < 4.78 is 17.8. The van der Waals surface area contributed by atoms with Crippen LogP contribution in [0.1, 0.15) is 154 Å². The number of carbonyl (C=O) groups is 15. The third-order valence-electron chi connectivity index (χ3n) is 19.2. The van der Waals surface area contributed by atoms with Crippen LogP contribution in [0.5, 0.6) is 23.0 Å². The standard InChI is InChI=1S/C73H102N14O27/c1-31(2)21-53(79-42-24-54(113-34(5)59(42)97)114-49-26-73(111,50(94)30-91)25-39-56(49)63(101)58-57(61(39)99)60(98)38-11-10-13-48(112-7)55(38)62(58)100)87-72(110)47(29-90)86-71(109)46(28-89)85-67(105)41(18-19-51(75)95)81-68(106)43(22-36-14-16-37(93)17-15-36)83-70(108)45(27-88)84-65(103)33(4)78-66(104)40(12-8-9-20-74)80-69(107)44(23-52(76)96)82-64(102)32(3)77-35(6)92/h10-11,13-17,31-34,40-47,49,53-54,59,79,88-91,93,97,99,101,111H,8-9,12,18-30,74H2,1-7H3,(H2,75,95)(H2,76,96)(H,77,92)(H,78,104)(H,80,107)(H,81,106)(H,82,102)(H,83,108)(H,84,103)(H,85,105)(H,86,109)(H,87,110)/t32-,33-,34?,40-,41-,42?,43-,44-,45-,46-,47-,49-,53-,54?,59?,73-/m0/s1. The number of carbonyl (C=O) groups excluding carboxylic acids is 15. The molecule has 0 radical (unpaired) electrons. The van der Waals surface area contributed by atoms with E-state index in [-0.39, 0.29) is 77.5 Å². The van der Waals surface area contributed by atoms with E-state index in [2.05, 4.69) is 58.5 Å². The van der Waals surface area contributed by atoms with Crippen LogP contribution in [0.3, 0.4) is 0 Å². The molecule has 16 atom stereocenters. The molecule has 626 valence electrons. The van der Waals surface area contributed by atoms with Crippen LogP contribution in [0.2, 0.25) is 0 Å². The largest absolute Gasteiger partial charge is 0.508 e. The summed E-state index contributed by atoms with van der Waals surface area (Å²) in [4.78, 5) is 202. The summed E-state index contributed by atoms with van der Waals surface area (Å²) >= 11 is 0. The average Bonchev–Trinajstić information content (AvgIpc) is 0.710. The molecule has 1 fully saturated rings. The van der Waals surface area contributed by atoms with Crippen molar-refractivity contribution in [1.29, 1.82) is 0 Å². The smallest absolute Gasteiger partial charge is 0.246 e. The quantitative estimate of drug-likeness (QED) is 0.0111. The zero-order valence-electron chi connectivity index (χ0n) is 63.7. The van der Waals surface area contributed by atoms with Gasteiger partial charge in [-0.2, -0.15) is 0 Å². The Morgan fingerprint density at radius 1 is 0.605 bits per heavy atom. The summed E-state index contributed by atoms with van der Waals surface area (Å²) in [6.07, 6.45) is -10.5. The maximum Gasteiger partial charge on any atom is 0.246 e. The van der Waals surface area contributed by atoms with Gasteiger partial charge in [-0.1, -0.05) is 38.1 Å². The van der Waals surface area contributed by atoms with Gasteiger partial charge in [0.1, 0.15) is 89.6 Å². The second kappa shape index (κ2) is 41.8. The number of Topliss-reactive ketones (excluding diaryl/α,β-unsaturated/α-hetero) is 1. The van der Waals surface area contributed by atoms with Crippen molar-refractivity contribution >= 4 is 88.2 Å². The molecular formula is C73H102N14O27. The number of fused-ring (bicyclic) bond motifs is 3. The Morgan fingerprint density at radius 2 is 1.11 bits per heavy atom. The van der Waals surface area contributed by atoms with Crippen LogP contribution in [0, 0.1) is 5.92 Å². The molecular weight excluding hydrogens is 1500 g/mol. The summed E-state index contributed by atoms with van der Waals surface area (Å²) in [5, 5.41) is 126. The van der Waals surface area contributed by atoms with Crippen LogP contribution in [0.4, 0.5) is 0 Å². The molecule has 41 nitrogen and oxygen atoms in total. The molecule has 0 aromatic heterocycles. The molecule has 41 heteroatoms. The topological polar surface area (TPSA) is 676 Å². The fourth-order valence-electron chi connectivity index (χ4n) is 13.1. The lowest BCUT2D eigenvalue weighted by atomic mass is 9.72. The highest BCUT2D eigenvalue weighted by Gasteiger charge is 2.51. The molecule has 114 heavy (non-hydrogen) atoms. The van der Waals surface area contributed by atoms with Gasteiger partial charge < -0.3 is 131 Å². The third-order valence-corrected chi connectivity index (χ3v) is 19.2. The van der Waals surface area contributed by atoms with Crippen LogP contribution in [0.15, 0.2) is 42.5 Å². The van der Waals surface area contributed by atoms with E-state index in [0.717, 1.165) is 13.8 Å². The number of aliphatic hydroxyl groups is 6. The van der Waals surface area contributed by atoms with Gasteiger partial charge in [0.15, 0.2) is 17.9 Å². The average molecular weight is 1610 g/mol. The van der Waals surface area contributed by atoms with Gasteiger partial charge in [-0.05, 0) is 89.1 Å². The predicted octanol–water partition coefficient (Wildman–Crippen LogP) is -7.26. The molecule has 12 amide bonds. The second-order valence-corrected chi connectivity index (χ2v) is 28.4. The summed E-state index contributed by atoms with van der Waals surface area (Å²) in [6, 6.07) is -7.08. The summed E-state index contributed by atoms with van der Waals surface area (Å²) in [5.74, 6) is -18.0. The number of amides is 12. The van der Waals surface area contributed by atoms with Crippen LogP contribution in [-0.4, -0.2) is 265 Å². The number of nitrogens with one attached hydrogen (secondary N) is 11. The number of phenolic OH excluding ortho intramolecular Hbond substituents is 3. The minimum absolute atomic E-state index is 0.0325. The monoisotopic (exact) mass is 1610 g/mol. The number of unbranched alkanes of at least 4 members (excludes halogenated alkanes) is 1. The molecule has 6 rings (SSSR count). The zero-order chi connectivity index (χ0) is 84.9. The number of benzene rings is 3. The van der Waals surface area contributed by atoms with Crippen LogP contribution in [-0.2, 0) is 84.6 Å². The number of nitrogens with two attached hydrogens (primary N) is 3. The number of methoxy groups -OCH3 is 1. The van der Waals surface area contributed by atoms with Gasteiger partial charge >= 0.3 is 0 Å². The third kappa shape index (κ3) is 24.1. The Morgan fingerprint density at radius 3 is 1.66 bits per heavy atom. The Balaban J connectivity index is 1.15. The molecule has 1 heterocycles. The summed E-state index contributed by atoms with van der Waals surface area (Å²) in [7, 11) is 1.25. The van der Waals surface area contributed by atoms with Gasteiger partial charge in [-0.25, -0.2) is 0 Å². The molecule has 0 saturated carbocycles. The molecule has 3 aliphatic rings. The van der Waals surface area contributed by atoms with Crippen molar-refractivity contribution in [2.24, 2.45) is 23.1 Å². The van der Waals surface area contributed by atoms with E-state index >= 15 is 0 Å². The molecule has 4 unspecified atom stereocenters. The van der Waals surface area contributed by atoms with E-state index in [1.807, 2.05) is 0 Å². The number of rotatable bonds is 42. The fraction of sp³-hybridized carbons (Fsp3) is 0.548. The maximum absolute atomic E-state index is 14.4. The number of ether oxygens (including phenoxy) is 3. The molecule has 3 aromatic rings. The summed E-state index contributed by atoms with van der Waals surface area (Å²) in [5.41, 5.74) is 11.8. The van der Waals surface area contributed by atoms with Gasteiger partial charge in [0.25, 0.3) is 0 Å². The minimum atomic E-state index is -2.51. The van der Waals surface area contributed by atoms with Gasteiger partial charge in [-0.15, -0.1) is 0 Å². The number of primary amides is 2. The van der Waals surface area contributed by atoms with E-state index in [9.17, 15) is 118 Å². The molecule has 1 saturated heterocycles. The van der Waals surface area contributed by atoms with E-state index in [1.54, 1.807) is 13.8 Å². The van der Waals surface area contributed by atoms with Gasteiger partial charge in [0, 0.05) is 61.8 Å². The van der Waals surface area contributed by atoms with Crippen molar-refractivity contribution in [1.82, 2.24) is 58.5 Å². The molecule has 3 aromatic carbocycles. The Kier molecular flexibility index (Phi) is 33.7. The fourth-order valence-corrected chi connectivity index (χ4v) is 13.1. The lowest BCUT2D eigenvalue weighted by Gasteiger charge is -2.43. The van der Waals surface area contributed by atoms with Gasteiger partial charge in [0.05, 0.1) is 74.5 Å². The molecule has 2 aliphatic carbocycles. The molecule has 26 N–H and O–H groups in total. The van der Waals surface area contributed by atoms with Crippen LogP contribution < -0.4 is 80.4 Å². The number of hydrogen-bond donors (Lipinski definition) is 23. The highest BCUT2D eigenvalue weighted by Crippen LogP contribution is 2.53. The first-order chi connectivity index (χ1) is 53.7. The highest BCUT2D eigenvalue weighted by atomic mass is 16.7. The predicted molar refractivity (Wildman–Crippen MR) is 395 cm³/mol. The maximum atomic E-state index is 14.4. The van der Waals surface area contributed by atoms with Crippen LogP contribution >= 0.6 is 0 Å². The normalized spacial score (nSPS) is 20.2. The van der Waals surface area contributed by atoms with E-state index in [4.69, 9.17) is 31.4 Å². The molecule has 1 aliphatic heterocycles. The highest BCUT2D eigenvalue weighted by molar-refractivity contribution is 6.31. The minimum Gasteiger partial charge on any atom is -0.508 e. The Hall–Kier alpha value is -10.9. The van der Waals surface area contributed by atoms with E-state index in [1.165, 1.54) is 63.4 Å². The van der Waals surface area contributed by atoms with Crippen LogP contribution in [0.25, 0.3) is 0 Å². The van der Waals surface area contributed by atoms with E-state index in [0.29, 0.717) is 6.42 Å². The lowest BCUT2D eigenvalue weighted by Crippen LogP contribution is -2.63. The Labute approximate surface area is 653 Å². The van der Waals surface area contributed by atoms with Crippen molar-refractivity contribution in [2.75, 3.05) is 40.1 Å². The lowest BCUT2D eigenvalue weighted by molar-refractivity contribution is -0.250. The summed E-state index contributed by atoms with van der Waals surface area (Å²) in [6.45, 7) is 4.01. The van der Waals surface area contributed by atoms with Crippen molar-refractivity contribution in [2.45, 2.75) is 209 Å². The van der Waals surface area contributed by atoms with Crippen molar-refractivity contribution in [3.63, 3.8) is 0 Å². The number of phenols is 3. The SMILES string of the molecule is COc1cccc2c1C(=O)c1c(O)c3c(c(O)c1C2=O)C[C@@](O)(C(=O)CO)C[C@@H]3OC1CC(N[C@H](CC(C)C)NC(=O)[C@H](CO)NC(=O)[C@H](CO)NC(=O)[C@H](CCC(N)=O)NC(=O)[C@H](Cc2ccc(O)cc2)NC(=O)[C@H](CO)NC(=O)[C@H](C)NC(=O)[C@H](CCCCN)NC(=O)[C@H](CC(N)=O)NC(=O)[C@H](C)NC(C)=O)C(O)C(C)O1. The Bertz CT molecular complexity index is 4070. The first-order valence-corrected chi connectivity index (χ1v) is 36.6.